The Hall–Kier alpha value is -0.453. The minimum Gasteiger partial charge on any atom is -0.413 e. The first-order valence-electron chi connectivity index (χ1n) is 7.40. The molecule has 0 aromatic heterocycles. The third kappa shape index (κ3) is 4.03. The van der Waals surface area contributed by atoms with E-state index in [1.54, 1.807) is 6.92 Å². The predicted octanol–water partition coefficient (Wildman–Crippen LogP) is 3.68. The molecule has 0 unspecified atom stereocenters. The molecule has 0 aromatic carbocycles. The number of ketones is 1. The van der Waals surface area contributed by atoms with Gasteiger partial charge in [-0.05, 0) is 37.0 Å². The highest BCUT2D eigenvalue weighted by Gasteiger charge is 2.41. The van der Waals surface area contributed by atoms with Crippen LogP contribution in [0.5, 0.6) is 0 Å². The molecule has 0 saturated heterocycles. The van der Waals surface area contributed by atoms with Crippen LogP contribution in [0.1, 0.15) is 47.5 Å². The molecule has 1 aliphatic rings. The zero-order chi connectivity index (χ0) is 15.8. The second kappa shape index (κ2) is 5.74. The van der Waals surface area contributed by atoms with Gasteiger partial charge in [0.15, 0.2) is 8.32 Å². The molecule has 20 heavy (non-hydrogen) atoms. The van der Waals surface area contributed by atoms with Crippen LogP contribution in [0, 0.1) is 5.41 Å². The van der Waals surface area contributed by atoms with E-state index in [0.29, 0.717) is 19.4 Å². The number of rotatable bonds is 5. The standard InChI is InChI=1S/C16H30O3Si/c1-12(17)9-16(5)10-14(18)8-13(16)11-19-20(6,7)15(2,3)4/h8,14,18H,9-11H2,1-7H3/t14-,16-/m1/s1. The van der Waals surface area contributed by atoms with E-state index >= 15 is 0 Å². The van der Waals surface area contributed by atoms with Crippen molar-refractivity contribution in [3.05, 3.63) is 11.6 Å². The van der Waals surface area contributed by atoms with Crippen LogP contribution >= 0.6 is 0 Å². The molecule has 0 fully saturated rings. The van der Waals surface area contributed by atoms with Crippen LogP contribution in [0.3, 0.4) is 0 Å². The molecular weight excluding hydrogens is 268 g/mol. The van der Waals surface area contributed by atoms with Crippen molar-refractivity contribution in [1.29, 1.82) is 0 Å². The first-order chi connectivity index (χ1) is 8.87. The van der Waals surface area contributed by atoms with Crippen molar-refractivity contribution in [2.24, 2.45) is 5.41 Å². The summed E-state index contributed by atoms with van der Waals surface area (Å²) < 4.78 is 6.25. The Bertz CT molecular complexity index is 406. The molecule has 0 aromatic rings. The highest BCUT2D eigenvalue weighted by Crippen LogP contribution is 2.44. The van der Waals surface area contributed by atoms with Crippen LogP contribution in [0.2, 0.25) is 18.1 Å². The first-order valence-corrected chi connectivity index (χ1v) is 10.3. The van der Waals surface area contributed by atoms with E-state index in [0.717, 1.165) is 5.57 Å². The van der Waals surface area contributed by atoms with Gasteiger partial charge in [-0.25, -0.2) is 0 Å². The second-order valence-corrected chi connectivity index (χ2v) is 12.8. The molecule has 116 valence electrons. The first kappa shape index (κ1) is 17.6. The number of carbonyl (C=O) groups excluding carboxylic acids is 1. The molecule has 0 radical (unpaired) electrons. The van der Waals surface area contributed by atoms with Gasteiger partial charge in [-0.1, -0.05) is 33.8 Å². The average Bonchev–Trinajstić information content (AvgIpc) is 2.47. The van der Waals surface area contributed by atoms with E-state index in [2.05, 4.69) is 40.8 Å². The maximum atomic E-state index is 11.5. The lowest BCUT2D eigenvalue weighted by atomic mass is 9.79. The highest BCUT2D eigenvalue weighted by molar-refractivity contribution is 6.74. The number of Topliss-reactive ketones (excluding diaryl/α,β-unsaturated/α-hetero) is 1. The van der Waals surface area contributed by atoms with E-state index in [4.69, 9.17) is 4.43 Å². The van der Waals surface area contributed by atoms with Crippen LogP contribution in [0.15, 0.2) is 11.6 Å². The summed E-state index contributed by atoms with van der Waals surface area (Å²) in [5.41, 5.74) is 0.846. The van der Waals surface area contributed by atoms with E-state index in [1.807, 2.05) is 6.08 Å². The Balaban J connectivity index is 2.80. The van der Waals surface area contributed by atoms with Crippen LogP contribution in [-0.4, -0.2) is 31.9 Å². The van der Waals surface area contributed by atoms with Crippen LogP contribution in [0.25, 0.3) is 0 Å². The molecule has 3 nitrogen and oxygen atoms in total. The molecule has 0 saturated carbocycles. The summed E-state index contributed by atoms with van der Waals surface area (Å²) >= 11 is 0. The van der Waals surface area contributed by atoms with Crippen LogP contribution in [-0.2, 0) is 9.22 Å². The summed E-state index contributed by atoms with van der Waals surface area (Å²) in [6.07, 6.45) is 2.55. The van der Waals surface area contributed by atoms with Crippen molar-refractivity contribution in [2.75, 3.05) is 6.61 Å². The van der Waals surface area contributed by atoms with Crippen molar-refractivity contribution in [1.82, 2.24) is 0 Å². The quantitative estimate of drug-likeness (QED) is 0.622. The number of hydrogen-bond donors (Lipinski definition) is 1. The van der Waals surface area contributed by atoms with E-state index in [1.165, 1.54) is 0 Å². The zero-order valence-electron chi connectivity index (χ0n) is 14.0. The van der Waals surface area contributed by atoms with Gasteiger partial charge < -0.3 is 9.53 Å². The lowest BCUT2D eigenvalue weighted by Gasteiger charge is -2.38. The smallest absolute Gasteiger partial charge is 0.192 e. The topological polar surface area (TPSA) is 46.5 Å². The summed E-state index contributed by atoms with van der Waals surface area (Å²) in [6.45, 7) is 15.3. The van der Waals surface area contributed by atoms with Crippen LogP contribution in [0.4, 0.5) is 0 Å². The van der Waals surface area contributed by atoms with Gasteiger partial charge in [-0.15, -0.1) is 0 Å². The molecule has 2 atom stereocenters. The predicted molar refractivity (Wildman–Crippen MR) is 85.3 cm³/mol. The number of hydrogen-bond acceptors (Lipinski definition) is 3. The molecule has 1 aliphatic carbocycles. The van der Waals surface area contributed by atoms with Gasteiger partial charge in [0.1, 0.15) is 5.78 Å². The summed E-state index contributed by atoms with van der Waals surface area (Å²) in [5.74, 6) is 0.167. The molecule has 0 spiro atoms. The van der Waals surface area contributed by atoms with Crippen molar-refractivity contribution < 1.29 is 14.3 Å². The summed E-state index contributed by atoms with van der Waals surface area (Å²) in [6, 6.07) is 0. The average molecular weight is 298 g/mol. The normalized spacial score (nSPS) is 27.6. The molecule has 0 amide bonds. The van der Waals surface area contributed by atoms with Gasteiger partial charge in [-0.2, -0.15) is 0 Å². The Kier molecular flexibility index (Phi) is 5.05. The maximum absolute atomic E-state index is 11.5. The molecular formula is C16H30O3Si. The lowest BCUT2D eigenvalue weighted by Crippen LogP contribution is -2.41. The van der Waals surface area contributed by atoms with Crippen molar-refractivity contribution in [3.63, 3.8) is 0 Å². The molecule has 0 heterocycles. The number of carbonyl (C=O) groups is 1. The fourth-order valence-corrected chi connectivity index (χ4v) is 3.47. The van der Waals surface area contributed by atoms with Crippen molar-refractivity contribution in [2.45, 2.75) is 71.7 Å². The summed E-state index contributed by atoms with van der Waals surface area (Å²) in [5, 5.41) is 10.1. The van der Waals surface area contributed by atoms with Gasteiger partial charge in [0.2, 0.25) is 0 Å². The zero-order valence-corrected chi connectivity index (χ0v) is 15.0. The lowest BCUT2D eigenvalue weighted by molar-refractivity contribution is -0.118. The summed E-state index contributed by atoms with van der Waals surface area (Å²) in [4.78, 5) is 11.5. The fraction of sp³-hybridized carbons (Fsp3) is 0.812. The molecule has 1 rings (SSSR count). The third-order valence-electron chi connectivity index (χ3n) is 4.86. The van der Waals surface area contributed by atoms with Crippen LogP contribution < -0.4 is 0 Å². The van der Waals surface area contributed by atoms with Gasteiger partial charge in [0.25, 0.3) is 0 Å². The van der Waals surface area contributed by atoms with Gasteiger partial charge in [0, 0.05) is 11.8 Å². The highest BCUT2D eigenvalue weighted by atomic mass is 28.4. The summed E-state index contributed by atoms with van der Waals surface area (Å²) in [7, 11) is -1.80. The number of aliphatic hydroxyl groups excluding tert-OH is 1. The Labute approximate surface area is 124 Å². The van der Waals surface area contributed by atoms with Crippen molar-refractivity contribution >= 4 is 14.1 Å². The molecule has 0 aliphatic heterocycles. The number of aliphatic hydroxyl groups is 1. The largest absolute Gasteiger partial charge is 0.413 e. The minimum atomic E-state index is -1.80. The molecule has 1 N–H and O–H groups in total. The van der Waals surface area contributed by atoms with Gasteiger partial charge in [0.05, 0.1) is 12.7 Å². The Morgan fingerprint density at radius 3 is 2.50 bits per heavy atom. The van der Waals surface area contributed by atoms with Gasteiger partial charge >= 0.3 is 0 Å². The maximum Gasteiger partial charge on any atom is 0.192 e. The third-order valence-corrected chi connectivity index (χ3v) is 9.34. The molecule has 0 bridgehead atoms. The monoisotopic (exact) mass is 298 g/mol. The van der Waals surface area contributed by atoms with E-state index in [-0.39, 0.29) is 16.2 Å². The Morgan fingerprint density at radius 2 is 2.05 bits per heavy atom. The van der Waals surface area contributed by atoms with E-state index in [9.17, 15) is 9.90 Å². The Morgan fingerprint density at radius 1 is 1.50 bits per heavy atom. The van der Waals surface area contributed by atoms with E-state index < -0.39 is 14.4 Å². The SMILES string of the molecule is CC(=O)C[C@]1(C)C[C@H](O)C=C1CO[Si](C)(C)C(C)(C)C. The second-order valence-electron chi connectivity index (χ2n) is 7.95. The van der Waals surface area contributed by atoms with Gasteiger partial charge in [-0.3, -0.25) is 4.79 Å². The fourth-order valence-electron chi connectivity index (χ4n) is 2.52. The molecule has 4 heteroatoms. The minimum absolute atomic E-state index is 0.167. The van der Waals surface area contributed by atoms with Crippen molar-refractivity contribution in [3.8, 4) is 0 Å².